The lowest BCUT2D eigenvalue weighted by Gasteiger charge is -2.21. The molecule has 2 heterocycles. The molecule has 1 fully saturated rings. The van der Waals surface area contributed by atoms with Gasteiger partial charge in [-0.05, 0) is 50.9 Å². The van der Waals surface area contributed by atoms with E-state index in [2.05, 4.69) is 15.3 Å². The molecule has 1 aromatic carbocycles. The standard InChI is InChI=1S/C18H24N4O2/c1-2-22(17(23)8-7-13-9-10-19-11-13)12-16-20-15-6-4-3-5-14(15)18(24)21-16/h3-6,13,19H,2,7-12H2,1H3,(H,20,21,24). The lowest BCUT2D eigenvalue weighted by Crippen LogP contribution is -2.32. The minimum Gasteiger partial charge on any atom is -0.336 e. The van der Waals surface area contributed by atoms with Crippen molar-refractivity contribution in [1.29, 1.82) is 0 Å². The fourth-order valence-corrected chi connectivity index (χ4v) is 3.21. The van der Waals surface area contributed by atoms with Crippen molar-refractivity contribution in [3.8, 4) is 0 Å². The van der Waals surface area contributed by atoms with Crippen LogP contribution in [0, 0.1) is 5.92 Å². The highest BCUT2D eigenvalue weighted by molar-refractivity contribution is 5.77. The molecule has 3 rings (SSSR count). The average Bonchev–Trinajstić information content (AvgIpc) is 3.11. The maximum absolute atomic E-state index is 12.5. The zero-order chi connectivity index (χ0) is 16.9. The van der Waals surface area contributed by atoms with Crippen molar-refractivity contribution in [2.75, 3.05) is 19.6 Å². The summed E-state index contributed by atoms with van der Waals surface area (Å²) in [6.45, 7) is 4.97. The molecule has 0 aliphatic carbocycles. The Morgan fingerprint density at radius 3 is 2.96 bits per heavy atom. The monoisotopic (exact) mass is 328 g/mol. The Kier molecular flexibility index (Phi) is 5.25. The number of nitrogens with one attached hydrogen (secondary N) is 2. The van der Waals surface area contributed by atoms with Crippen molar-refractivity contribution in [2.24, 2.45) is 5.92 Å². The van der Waals surface area contributed by atoms with Crippen LogP contribution in [0.5, 0.6) is 0 Å². The van der Waals surface area contributed by atoms with E-state index >= 15 is 0 Å². The second-order valence-electron chi connectivity index (χ2n) is 6.34. The molecule has 1 saturated heterocycles. The fourth-order valence-electron chi connectivity index (χ4n) is 3.21. The molecule has 0 radical (unpaired) electrons. The Morgan fingerprint density at radius 1 is 1.38 bits per heavy atom. The van der Waals surface area contributed by atoms with Crippen molar-refractivity contribution >= 4 is 16.8 Å². The zero-order valence-electron chi connectivity index (χ0n) is 14.0. The summed E-state index contributed by atoms with van der Waals surface area (Å²) >= 11 is 0. The largest absolute Gasteiger partial charge is 0.336 e. The van der Waals surface area contributed by atoms with Gasteiger partial charge in [-0.15, -0.1) is 0 Å². The van der Waals surface area contributed by atoms with Crippen molar-refractivity contribution in [1.82, 2.24) is 20.2 Å². The number of amides is 1. The minimum absolute atomic E-state index is 0.125. The number of benzene rings is 1. The van der Waals surface area contributed by atoms with Gasteiger partial charge in [0, 0.05) is 13.0 Å². The van der Waals surface area contributed by atoms with E-state index in [1.54, 1.807) is 11.0 Å². The Balaban J connectivity index is 1.68. The molecule has 24 heavy (non-hydrogen) atoms. The molecule has 1 unspecified atom stereocenters. The van der Waals surface area contributed by atoms with Gasteiger partial charge in [-0.1, -0.05) is 12.1 Å². The van der Waals surface area contributed by atoms with Crippen molar-refractivity contribution in [3.05, 3.63) is 40.4 Å². The Morgan fingerprint density at radius 2 is 2.21 bits per heavy atom. The van der Waals surface area contributed by atoms with Crippen LogP contribution in [0.1, 0.15) is 32.0 Å². The van der Waals surface area contributed by atoms with Gasteiger partial charge in [0.05, 0.1) is 17.4 Å². The molecule has 0 bridgehead atoms. The van der Waals surface area contributed by atoms with Crippen LogP contribution in [-0.4, -0.2) is 40.4 Å². The van der Waals surface area contributed by atoms with Gasteiger partial charge in [-0.3, -0.25) is 9.59 Å². The molecule has 0 saturated carbocycles. The van der Waals surface area contributed by atoms with E-state index in [0.29, 0.717) is 42.2 Å². The number of nitrogens with zero attached hydrogens (tertiary/aromatic N) is 2. The van der Waals surface area contributed by atoms with Crippen LogP contribution in [-0.2, 0) is 11.3 Å². The fraction of sp³-hybridized carbons (Fsp3) is 0.500. The third-order valence-corrected chi connectivity index (χ3v) is 4.67. The van der Waals surface area contributed by atoms with E-state index in [9.17, 15) is 9.59 Å². The number of carbonyl (C=O) groups excluding carboxylic acids is 1. The molecular formula is C18H24N4O2. The first-order chi connectivity index (χ1) is 11.7. The van der Waals surface area contributed by atoms with Crippen molar-refractivity contribution in [3.63, 3.8) is 0 Å². The molecule has 1 aromatic heterocycles. The summed E-state index contributed by atoms with van der Waals surface area (Å²) in [5.74, 6) is 1.27. The molecular weight excluding hydrogens is 304 g/mol. The first-order valence-corrected chi connectivity index (χ1v) is 8.63. The van der Waals surface area contributed by atoms with Crippen LogP contribution in [0.2, 0.25) is 0 Å². The number of hydrogen-bond donors (Lipinski definition) is 2. The van der Waals surface area contributed by atoms with Crippen LogP contribution in [0.15, 0.2) is 29.1 Å². The van der Waals surface area contributed by atoms with Gasteiger partial charge in [-0.25, -0.2) is 4.98 Å². The topological polar surface area (TPSA) is 78.1 Å². The molecule has 1 aliphatic heterocycles. The second-order valence-corrected chi connectivity index (χ2v) is 6.34. The van der Waals surface area contributed by atoms with Gasteiger partial charge >= 0.3 is 0 Å². The van der Waals surface area contributed by atoms with Gasteiger partial charge in [0.25, 0.3) is 5.56 Å². The summed E-state index contributed by atoms with van der Waals surface area (Å²) in [5.41, 5.74) is 0.507. The number of carbonyl (C=O) groups is 1. The quantitative estimate of drug-likeness (QED) is 0.845. The van der Waals surface area contributed by atoms with Gasteiger partial charge in [0.15, 0.2) is 0 Å². The van der Waals surface area contributed by atoms with E-state index in [1.165, 1.54) is 0 Å². The first kappa shape index (κ1) is 16.6. The van der Waals surface area contributed by atoms with Crippen LogP contribution >= 0.6 is 0 Å². The number of H-pyrrole nitrogens is 1. The highest BCUT2D eigenvalue weighted by Gasteiger charge is 2.19. The van der Waals surface area contributed by atoms with Gasteiger partial charge < -0.3 is 15.2 Å². The third kappa shape index (κ3) is 3.82. The van der Waals surface area contributed by atoms with E-state index < -0.39 is 0 Å². The number of hydrogen-bond acceptors (Lipinski definition) is 4. The maximum atomic E-state index is 12.5. The smallest absolute Gasteiger partial charge is 0.258 e. The van der Waals surface area contributed by atoms with E-state index in [1.807, 2.05) is 25.1 Å². The molecule has 1 amide bonds. The predicted octanol–water partition coefficient (Wildman–Crippen LogP) is 1.66. The van der Waals surface area contributed by atoms with Crippen LogP contribution in [0.3, 0.4) is 0 Å². The summed E-state index contributed by atoms with van der Waals surface area (Å²) in [6, 6.07) is 7.25. The zero-order valence-corrected chi connectivity index (χ0v) is 14.0. The summed E-state index contributed by atoms with van der Waals surface area (Å²) in [7, 11) is 0. The van der Waals surface area contributed by atoms with E-state index in [4.69, 9.17) is 0 Å². The number of aromatic nitrogens is 2. The van der Waals surface area contributed by atoms with Gasteiger partial charge in [-0.2, -0.15) is 0 Å². The Hall–Kier alpha value is -2.21. The predicted molar refractivity (Wildman–Crippen MR) is 93.7 cm³/mol. The summed E-state index contributed by atoms with van der Waals surface area (Å²) < 4.78 is 0. The third-order valence-electron chi connectivity index (χ3n) is 4.67. The number of para-hydroxylation sites is 1. The van der Waals surface area contributed by atoms with Crippen LogP contribution in [0.25, 0.3) is 10.9 Å². The molecule has 2 N–H and O–H groups in total. The number of fused-ring (bicyclic) bond motifs is 1. The van der Waals surface area contributed by atoms with E-state index in [-0.39, 0.29) is 11.5 Å². The number of aromatic amines is 1. The number of rotatable bonds is 6. The summed E-state index contributed by atoms with van der Waals surface area (Å²) in [4.78, 5) is 33.6. The van der Waals surface area contributed by atoms with Gasteiger partial charge in [0.1, 0.15) is 5.82 Å². The normalized spacial score (nSPS) is 17.3. The summed E-state index contributed by atoms with van der Waals surface area (Å²) in [5, 5.41) is 3.90. The van der Waals surface area contributed by atoms with E-state index in [0.717, 1.165) is 25.9 Å². The molecule has 1 atom stereocenters. The maximum Gasteiger partial charge on any atom is 0.258 e. The molecule has 1 aliphatic rings. The van der Waals surface area contributed by atoms with Gasteiger partial charge in [0.2, 0.25) is 5.91 Å². The highest BCUT2D eigenvalue weighted by atomic mass is 16.2. The van der Waals surface area contributed by atoms with Crippen molar-refractivity contribution < 1.29 is 4.79 Å². The Bertz CT molecular complexity index is 765. The molecule has 2 aromatic rings. The molecule has 6 nitrogen and oxygen atoms in total. The summed E-state index contributed by atoms with van der Waals surface area (Å²) in [6.07, 6.45) is 2.63. The van der Waals surface area contributed by atoms with Crippen LogP contribution in [0.4, 0.5) is 0 Å². The lowest BCUT2D eigenvalue weighted by molar-refractivity contribution is -0.132. The first-order valence-electron chi connectivity index (χ1n) is 8.63. The average molecular weight is 328 g/mol. The van der Waals surface area contributed by atoms with Crippen molar-refractivity contribution in [2.45, 2.75) is 32.7 Å². The van der Waals surface area contributed by atoms with Crippen LogP contribution < -0.4 is 10.9 Å². The lowest BCUT2D eigenvalue weighted by atomic mass is 10.0. The SMILES string of the molecule is CCN(Cc1nc2ccccc2c(=O)[nH]1)C(=O)CCC1CCNC1. The second kappa shape index (κ2) is 7.57. The molecule has 6 heteroatoms. The molecule has 0 spiro atoms. The minimum atomic E-state index is -0.156. The highest BCUT2D eigenvalue weighted by Crippen LogP contribution is 2.16. The molecule has 128 valence electrons. The Labute approximate surface area is 141 Å².